The summed E-state index contributed by atoms with van der Waals surface area (Å²) in [6, 6.07) is 12.7. The summed E-state index contributed by atoms with van der Waals surface area (Å²) < 4.78 is 28.3. The molecule has 0 N–H and O–H groups in total. The van der Waals surface area contributed by atoms with Gasteiger partial charge in [-0.25, -0.2) is 13.5 Å². The molecule has 0 saturated carbocycles. The molecule has 2 atom stereocenters. The second-order valence-electron chi connectivity index (χ2n) is 7.55. The minimum Gasteiger partial charge on any atom is -0.336 e. The van der Waals surface area contributed by atoms with Crippen molar-refractivity contribution < 1.29 is 13.6 Å². The molecular formula is C22H22F2N4O. The van der Waals surface area contributed by atoms with Gasteiger partial charge in [-0.2, -0.15) is 5.10 Å². The first-order valence-corrected chi connectivity index (χ1v) is 9.44. The highest BCUT2D eigenvalue weighted by atomic mass is 19.1. The monoisotopic (exact) mass is 396 g/mol. The molecule has 0 radical (unpaired) electrons. The number of hydrogen-bond donors (Lipinski definition) is 0. The first kappa shape index (κ1) is 19.3. The van der Waals surface area contributed by atoms with E-state index in [2.05, 4.69) is 10.00 Å². The van der Waals surface area contributed by atoms with Gasteiger partial charge in [0.1, 0.15) is 11.6 Å². The lowest BCUT2D eigenvalue weighted by Crippen LogP contribution is -2.35. The van der Waals surface area contributed by atoms with Crippen molar-refractivity contribution in [3.05, 3.63) is 83.7 Å². The molecule has 0 aliphatic carbocycles. The number of amides is 1. The summed E-state index contributed by atoms with van der Waals surface area (Å²) in [5.74, 6) is -0.663. The number of benzene rings is 2. The highest BCUT2D eigenvalue weighted by Crippen LogP contribution is 2.31. The van der Waals surface area contributed by atoms with E-state index < -0.39 is 0 Å². The second kappa shape index (κ2) is 7.75. The van der Waals surface area contributed by atoms with E-state index in [0.29, 0.717) is 24.3 Å². The summed E-state index contributed by atoms with van der Waals surface area (Å²) in [5.41, 5.74) is 2.02. The molecule has 2 aromatic carbocycles. The van der Waals surface area contributed by atoms with E-state index in [9.17, 15) is 13.6 Å². The predicted octanol–water partition coefficient (Wildman–Crippen LogP) is 3.32. The average Bonchev–Trinajstić information content (AvgIpc) is 3.36. The zero-order chi connectivity index (χ0) is 20.5. The number of likely N-dealkylation sites (tertiary alicyclic amines) is 1. The molecule has 150 valence electrons. The standard InChI is InChI=1S/C22H22F2N4O/c1-26(2)21-14-27(13-20(21)15-6-8-17(23)9-7-15)22(29)16-11-25-28(12-16)19-5-3-4-18(24)10-19/h3-12,20-21H,13-14H2,1-2H3/t20-,21+/m1/s1. The van der Waals surface area contributed by atoms with Crippen LogP contribution >= 0.6 is 0 Å². The molecular weight excluding hydrogens is 374 g/mol. The highest BCUT2D eigenvalue weighted by molar-refractivity contribution is 5.94. The molecule has 1 amide bonds. The number of nitrogens with zero attached hydrogens (tertiary/aromatic N) is 4. The normalized spacial score (nSPS) is 19.1. The van der Waals surface area contributed by atoms with Crippen molar-refractivity contribution in [2.45, 2.75) is 12.0 Å². The van der Waals surface area contributed by atoms with Crippen molar-refractivity contribution in [3.63, 3.8) is 0 Å². The van der Waals surface area contributed by atoms with Gasteiger partial charge in [0.05, 0.1) is 17.4 Å². The molecule has 1 fully saturated rings. The molecule has 0 unspecified atom stereocenters. The Hall–Kier alpha value is -3.06. The topological polar surface area (TPSA) is 41.4 Å². The van der Waals surface area contributed by atoms with Gasteiger partial charge in [-0.3, -0.25) is 4.79 Å². The Kier molecular flexibility index (Phi) is 5.15. The maximum absolute atomic E-state index is 13.5. The maximum atomic E-state index is 13.5. The summed E-state index contributed by atoms with van der Waals surface area (Å²) >= 11 is 0. The number of hydrogen-bond acceptors (Lipinski definition) is 3. The Morgan fingerprint density at radius 1 is 1.07 bits per heavy atom. The van der Waals surface area contributed by atoms with E-state index >= 15 is 0 Å². The Bertz CT molecular complexity index is 1020. The molecule has 1 aromatic heterocycles. The fourth-order valence-electron chi connectivity index (χ4n) is 3.89. The summed E-state index contributed by atoms with van der Waals surface area (Å²) in [6.07, 6.45) is 3.12. The number of halogens is 2. The molecule has 2 heterocycles. The molecule has 4 rings (SSSR count). The van der Waals surface area contributed by atoms with Gasteiger partial charge in [0.2, 0.25) is 0 Å². The van der Waals surface area contributed by atoms with Crippen LogP contribution in [0.3, 0.4) is 0 Å². The largest absolute Gasteiger partial charge is 0.336 e. The molecule has 1 saturated heterocycles. The van der Waals surface area contributed by atoms with Crippen molar-refractivity contribution in [1.29, 1.82) is 0 Å². The van der Waals surface area contributed by atoms with Crippen LogP contribution in [0.1, 0.15) is 21.8 Å². The van der Waals surface area contributed by atoms with E-state index in [1.165, 1.54) is 35.1 Å². The fraction of sp³-hybridized carbons (Fsp3) is 0.273. The first-order chi connectivity index (χ1) is 13.9. The maximum Gasteiger partial charge on any atom is 0.257 e. The van der Waals surface area contributed by atoms with Crippen LogP contribution in [0.2, 0.25) is 0 Å². The summed E-state index contributed by atoms with van der Waals surface area (Å²) in [5, 5.41) is 4.21. The molecule has 5 nitrogen and oxygen atoms in total. The van der Waals surface area contributed by atoms with E-state index in [0.717, 1.165) is 5.56 Å². The van der Waals surface area contributed by atoms with Gasteiger partial charge >= 0.3 is 0 Å². The molecule has 0 bridgehead atoms. The lowest BCUT2D eigenvalue weighted by Gasteiger charge is -2.25. The minimum absolute atomic E-state index is 0.0906. The third-order valence-electron chi connectivity index (χ3n) is 5.44. The van der Waals surface area contributed by atoms with E-state index in [-0.39, 0.29) is 29.5 Å². The zero-order valence-corrected chi connectivity index (χ0v) is 16.3. The van der Waals surface area contributed by atoms with Crippen LogP contribution < -0.4 is 0 Å². The molecule has 1 aliphatic heterocycles. The predicted molar refractivity (Wildman–Crippen MR) is 106 cm³/mol. The highest BCUT2D eigenvalue weighted by Gasteiger charge is 2.37. The van der Waals surface area contributed by atoms with Crippen molar-refractivity contribution in [2.24, 2.45) is 0 Å². The molecule has 29 heavy (non-hydrogen) atoms. The third-order valence-corrected chi connectivity index (χ3v) is 5.44. The van der Waals surface area contributed by atoms with Gasteiger partial charge in [-0.05, 0) is 50.0 Å². The van der Waals surface area contributed by atoms with Crippen LogP contribution in [0, 0.1) is 11.6 Å². The summed E-state index contributed by atoms with van der Waals surface area (Å²) in [6.45, 7) is 1.11. The summed E-state index contributed by atoms with van der Waals surface area (Å²) in [4.78, 5) is 17.0. The number of aromatic nitrogens is 2. The van der Waals surface area contributed by atoms with Crippen LogP contribution in [0.5, 0.6) is 0 Å². The van der Waals surface area contributed by atoms with E-state index in [1.807, 2.05) is 14.1 Å². The quantitative estimate of drug-likeness (QED) is 0.679. The van der Waals surface area contributed by atoms with Crippen molar-refractivity contribution in [1.82, 2.24) is 19.6 Å². The van der Waals surface area contributed by atoms with Gasteiger partial charge in [0, 0.05) is 31.2 Å². The number of carbonyl (C=O) groups excluding carboxylic acids is 1. The minimum atomic E-state index is -0.360. The van der Waals surface area contributed by atoms with Crippen molar-refractivity contribution in [3.8, 4) is 5.69 Å². The van der Waals surface area contributed by atoms with Gasteiger partial charge < -0.3 is 9.80 Å². The number of likely N-dealkylation sites (N-methyl/N-ethyl adjacent to an activating group) is 1. The van der Waals surface area contributed by atoms with Crippen LogP contribution in [0.4, 0.5) is 8.78 Å². The lowest BCUT2D eigenvalue weighted by molar-refractivity contribution is 0.0782. The Balaban J connectivity index is 1.55. The Morgan fingerprint density at radius 3 is 2.52 bits per heavy atom. The zero-order valence-electron chi connectivity index (χ0n) is 16.3. The fourth-order valence-corrected chi connectivity index (χ4v) is 3.89. The van der Waals surface area contributed by atoms with Crippen molar-refractivity contribution >= 4 is 5.91 Å². The van der Waals surface area contributed by atoms with E-state index in [4.69, 9.17) is 0 Å². The van der Waals surface area contributed by atoms with Crippen LogP contribution in [0.15, 0.2) is 60.9 Å². The molecule has 7 heteroatoms. The summed E-state index contributed by atoms with van der Waals surface area (Å²) in [7, 11) is 3.97. The van der Waals surface area contributed by atoms with Crippen LogP contribution in [0.25, 0.3) is 5.69 Å². The van der Waals surface area contributed by atoms with Crippen LogP contribution in [-0.2, 0) is 0 Å². The lowest BCUT2D eigenvalue weighted by atomic mass is 9.94. The molecule has 0 spiro atoms. The van der Waals surface area contributed by atoms with Crippen molar-refractivity contribution in [2.75, 3.05) is 27.2 Å². The van der Waals surface area contributed by atoms with Gasteiger partial charge in [-0.15, -0.1) is 0 Å². The van der Waals surface area contributed by atoms with Gasteiger partial charge in [0.15, 0.2) is 0 Å². The first-order valence-electron chi connectivity index (χ1n) is 9.44. The van der Waals surface area contributed by atoms with Gasteiger partial charge in [-0.1, -0.05) is 18.2 Å². The van der Waals surface area contributed by atoms with Gasteiger partial charge in [0.25, 0.3) is 5.91 Å². The van der Waals surface area contributed by atoms with E-state index in [1.54, 1.807) is 35.4 Å². The molecule has 3 aromatic rings. The second-order valence-corrected chi connectivity index (χ2v) is 7.55. The smallest absolute Gasteiger partial charge is 0.257 e. The Labute approximate surface area is 168 Å². The SMILES string of the molecule is CN(C)[C@H]1CN(C(=O)c2cnn(-c3cccc(F)c3)c2)C[C@@H]1c1ccc(F)cc1. The number of carbonyl (C=O) groups is 1. The number of rotatable bonds is 4. The molecule has 1 aliphatic rings. The Morgan fingerprint density at radius 2 is 1.83 bits per heavy atom. The van der Waals surface area contributed by atoms with Crippen LogP contribution in [-0.4, -0.2) is 58.7 Å². The third kappa shape index (κ3) is 3.91. The average molecular weight is 396 g/mol.